The quantitative estimate of drug-likeness (QED) is 0.616. The van der Waals surface area contributed by atoms with E-state index < -0.39 is 0 Å². The van der Waals surface area contributed by atoms with Crippen LogP contribution in [0.4, 0.5) is 0 Å². The maximum Gasteiger partial charge on any atom is 0.0173 e. The van der Waals surface area contributed by atoms with Gasteiger partial charge in [-0.1, -0.05) is 85.2 Å². The minimum Gasteiger partial charge on any atom is -0.0695 e. The van der Waals surface area contributed by atoms with Crippen LogP contribution in [-0.2, 0) is 11.8 Å². The molecule has 0 radical (unpaired) electrons. The van der Waals surface area contributed by atoms with Crippen molar-refractivity contribution in [1.29, 1.82) is 0 Å². The SMILES string of the molecule is CC1=C(Cc2ccccc2)[C@@](C)(c2ccccc2)[C@H]2CCC[C@@H]12. The highest BCUT2D eigenvalue weighted by Gasteiger charge is 2.51. The highest BCUT2D eigenvalue weighted by molar-refractivity contribution is 5.47. The van der Waals surface area contributed by atoms with Crippen LogP contribution in [0.15, 0.2) is 71.8 Å². The van der Waals surface area contributed by atoms with Crippen LogP contribution in [0.25, 0.3) is 0 Å². The van der Waals surface area contributed by atoms with E-state index in [0.29, 0.717) is 0 Å². The van der Waals surface area contributed by atoms with E-state index in [9.17, 15) is 0 Å². The first-order valence-electron chi connectivity index (χ1n) is 9.01. The summed E-state index contributed by atoms with van der Waals surface area (Å²) in [6, 6.07) is 22.3. The molecular formula is C23H26. The predicted octanol–water partition coefficient (Wildman–Crippen LogP) is 5.93. The Labute approximate surface area is 140 Å². The van der Waals surface area contributed by atoms with Crippen molar-refractivity contribution in [1.82, 2.24) is 0 Å². The van der Waals surface area contributed by atoms with Crippen molar-refractivity contribution in [3.8, 4) is 0 Å². The molecule has 0 saturated heterocycles. The van der Waals surface area contributed by atoms with Crippen LogP contribution in [0.1, 0.15) is 44.2 Å². The molecule has 2 aliphatic carbocycles. The smallest absolute Gasteiger partial charge is 0.0173 e. The summed E-state index contributed by atoms with van der Waals surface area (Å²) >= 11 is 0. The maximum atomic E-state index is 2.51. The predicted molar refractivity (Wildman–Crippen MR) is 97.5 cm³/mol. The molecule has 0 bridgehead atoms. The molecule has 23 heavy (non-hydrogen) atoms. The molecule has 0 unspecified atom stereocenters. The molecule has 0 heterocycles. The lowest BCUT2D eigenvalue weighted by Crippen LogP contribution is -2.31. The second-order valence-electron chi connectivity index (χ2n) is 7.54. The van der Waals surface area contributed by atoms with Crippen LogP contribution in [0.5, 0.6) is 0 Å². The second kappa shape index (κ2) is 5.67. The van der Waals surface area contributed by atoms with E-state index in [-0.39, 0.29) is 5.41 Å². The topological polar surface area (TPSA) is 0 Å². The molecule has 0 heteroatoms. The van der Waals surface area contributed by atoms with Crippen molar-refractivity contribution in [3.63, 3.8) is 0 Å². The lowest BCUT2D eigenvalue weighted by Gasteiger charge is -2.36. The summed E-state index contributed by atoms with van der Waals surface area (Å²) in [5, 5.41) is 0. The minimum atomic E-state index is 0.211. The first kappa shape index (κ1) is 14.8. The standard InChI is InChI=1S/C23H26/c1-17-20-14-9-15-21(20)23(2,19-12-7-4-8-13-19)22(17)16-18-10-5-3-6-11-18/h3-8,10-13,20-21H,9,14-16H2,1-2H3/t20-,21-,23-/m0/s1. The van der Waals surface area contributed by atoms with Crippen molar-refractivity contribution >= 4 is 0 Å². The molecular weight excluding hydrogens is 276 g/mol. The Balaban J connectivity index is 1.81. The zero-order valence-electron chi connectivity index (χ0n) is 14.3. The van der Waals surface area contributed by atoms with E-state index in [2.05, 4.69) is 74.5 Å². The summed E-state index contributed by atoms with van der Waals surface area (Å²) in [5.74, 6) is 1.60. The highest BCUT2D eigenvalue weighted by atomic mass is 14.5. The normalized spacial score (nSPS) is 29.8. The Bertz CT molecular complexity index is 710. The Morgan fingerprint density at radius 1 is 0.913 bits per heavy atom. The van der Waals surface area contributed by atoms with Gasteiger partial charge in [0, 0.05) is 5.41 Å². The van der Waals surface area contributed by atoms with Gasteiger partial charge in [0.1, 0.15) is 0 Å². The number of fused-ring (bicyclic) bond motifs is 1. The van der Waals surface area contributed by atoms with Crippen molar-refractivity contribution in [2.45, 2.75) is 44.9 Å². The first-order chi connectivity index (χ1) is 11.2. The molecule has 0 amide bonds. The van der Waals surface area contributed by atoms with E-state index in [4.69, 9.17) is 0 Å². The summed E-state index contributed by atoms with van der Waals surface area (Å²) in [5.41, 5.74) is 6.54. The Morgan fingerprint density at radius 2 is 1.57 bits per heavy atom. The van der Waals surface area contributed by atoms with Crippen LogP contribution >= 0.6 is 0 Å². The van der Waals surface area contributed by atoms with Gasteiger partial charge in [-0.25, -0.2) is 0 Å². The molecule has 3 atom stereocenters. The fourth-order valence-corrected chi connectivity index (χ4v) is 5.32. The summed E-state index contributed by atoms with van der Waals surface area (Å²) in [6.07, 6.45) is 5.27. The lowest BCUT2D eigenvalue weighted by atomic mass is 9.67. The van der Waals surface area contributed by atoms with Crippen molar-refractivity contribution < 1.29 is 0 Å². The second-order valence-corrected chi connectivity index (χ2v) is 7.54. The number of benzene rings is 2. The van der Waals surface area contributed by atoms with Gasteiger partial charge < -0.3 is 0 Å². The average molecular weight is 302 g/mol. The fraction of sp³-hybridized carbons (Fsp3) is 0.391. The van der Waals surface area contributed by atoms with Gasteiger partial charge in [0.2, 0.25) is 0 Å². The zero-order chi connectivity index (χ0) is 15.9. The molecule has 2 aliphatic rings. The van der Waals surface area contributed by atoms with E-state index in [0.717, 1.165) is 18.3 Å². The van der Waals surface area contributed by atoms with Crippen LogP contribution in [-0.4, -0.2) is 0 Å². The van der Waals surface area contributed by atoms with Gasteiger partial charge >= 0.3 is 0 Å². The minimum absolute atomic E-state index is 0.211. The van der Waals surface area contributed by atoms with E-state index in [1.54, 1.807) is 11.1 Å². The maximum absolute atomic E-state index is 2.51. The Kier molecular flexibility index (Phi) is 3.64. The average Bonchev–Trinajstić information content (AvgIpc) is 3.16. The van der Waals surface area contributed by atoms with Gasteiger partial charge in [-0.05, 0) is 49.1 Å². The van der Waals surface area contributed by atoms with Crippen LogP contribution in [0.3, 0.4) is 0 Å². The molecule has 0 nitrogen and oxygen atoms in total. The summed E-state index contributed by atoms with van der Waals surface area (Å²) in [4.78, 5) is 0. The third-order valence-electron chi connectivity index (χ3n) is 6.51. The van der Waals surface area contributed by atoms with Crippen molar-refractivity contribution in [2.24, 2.45) is 11.8 Å². The summed E-state index contributed by atoms with van der Waals surface area (Å²) in [6.45, 7) is 4.93. The Morgan fingerprint density at radius 3 is 2.26 bits per heavy atom. The number of hydrogen-bond donors (Lipinski definition) is 0. The van der Waals surface area contributed by atoms with Crippen molar-refractivity contribution in [2.75, 3.05) is 0 Å². The largest absolute Gasteiger partial charge is 0.0695 e. The number of hydrogen-bond acceptors (Lipinski definition) is 0. The molecule has 0 spiro atoms. The molecule has 118 valence electrons. The first-order valence-corrected chi connectivity index (χ1v) is 9.01. The molecule has 4 rings (SSSR count). The van der Waals surface area contributed by atoms with Crippen LogP contribution < -0.4 is 0 Å². The molecule has 1 fully saturated rings. The van der Waals surface area contributed by atoms with Gasteiger partial charge in [-0.15, -0.1) is 0 Å². The van der Waals surface area contributed by atoms with Gasteiger partial charge in [0.05, 0.1) is 0 Å². The number of allylic oxidation sites excluding steroid dienone is 2. The number of rotatable bonds is 3. The lowest BCUT2D eigenvalue weighted by molar-refractivity contribution is 0.327. The van der Waals surface area contributed by atoms with E-state index in [1.807, 2.05) is 0 Å². The van der Waals surface area contributed by atoms with Gasteiger partial charge in [0.15, 0.2) is 0 Å². The van der Waals surface area contributed by atoms with Crippen LogP contribution in [0, 0.1) is 11.8 Å². The molecule has 1 saturated carbocycles. The van der Waals surface area contributed by atoms with Gasteiger partial charge in [0.25, 0.3) is 0 Å². The monoisotopic (exact) mass is 302 g/mol. The third-order valence-corrected chi connectivity index (χ3v) is 6.51. The molecule has 0 N–H and O–H groups in total. The van der Waals surface area contributed by atoms with Crippen molar-refractivity contribution in [3.05, 3.63) is 82.9 Å². The molecule has 2 aromatic rings. The zero-order valence-corrected chi connectivity index (χ0v) is 14.3. The summed E-state index contributed by atoms with van der Waals surface area (Å²) in [7, 11) is 0. The Hall–Kier alpha value is -1.82. The van der Waals surface area contributed by atoms with Crippen LogP contribution in [0.2, 0.25) is 0 Å². The molecule has 0 aromatic heterocycles. The van der Waals surface area contributed by atoms with E-state index >= 15 is 0 Å². The van der Waals surface area contributed by atoms with E-state index in [1.165, 1.54) is 30.4 Å². The molecule has 2 aromatic carbocycles. The highest BCUT2D eigenvalue weighted by Crippen LogP contribution is 2.59. The van der Waals surface area contributed by atoms with Gasteiger partial charge in [-0.3, -0.25) is 0 Å². The fourth-order valence-electron chi connectivity index (χ4n) is 5.32. The third kappa shape index (κ3) is 2.27. The van der Waals surface area contributed by atoms with Gasteiger partial charge in [-0.2, -0.15) is 0 Å². The summed E-state index contributed by atoms with van der Waals surface area (Å²) < 4.78 is 0. The molecule has 0 aliphatic heterocycles.